The molecule has 0 radical (unpaired) electrons. The van der Waals surface area contributed by atoms with Gasteiger partial charge in [-0.15, -0.1) is 0 Å². The maximum atomic E-state index is 6.48. The van der Waals surface area contributed by atoms with Crippen LogP contribution in [0.25, 0.3) is 66.1 Å². The number of aromatic nitrogens is 1. The van der Waals surface area contributed by atoms with E-state index in [4.69, 9.17) is 4.42 Å². The van der Waals surface area contributed by atoms with E-state index in [2.05, 4.69) is 282 Å². The normalized spacial score (nSPS) is 14.3. The number of hydrogen-bond donors (Lipinski definition) is 0. The Bertz CT molecular complexity index is 4580. The maximum Gasteiger partial charge on any atom is 0.252 e. The SMILES string of the molecule is Cc1cc(-c2cccc3oc4ccccc4c23)cc(C)c1N1c2cc(C(C)(C)C)ccc2B2c3cc4c5cc(C(C)(C)C)ccc5n(-c5c(C)cccc5C)c4cc3N(c3c(C)cc(C4=CCCC=C4)cc3C)c3cc(C(C)(C)C)cc1c32. The minimum absolute atomic E-state index is 0.0402. The van der Waals surface area contributed by atoms with Gasteiger partial charge in [0.25, 0.3) is 6.71 Å². The van der Waals surface area contributed by atoms with Crippen molar-refractivity contribution in [3.8, 4) is 16.8 Å². The van der Waals surface area contributed by atoms with E-state index in [9.17, 15) is 0 Å². The molecule has 11 aromatic rings. The molecule has 0 saturated heterocycles. The minimum Gasteiger partial charge on any atom is -0.456 e. The predicted octanol–water partition coefficient (Wildman–Crippen LogP) is 19.9. The average molecular weight is 1080 g/mol. The molecule has 83 heavy (non-hydrogen) atoms. The standard InChI is InChI=1S/C78H76BN3O/c1-45-23-21-24-46(2)73(45)80-63-34-32-54(76(7,8)9)39-59(63)60-43-62-66(44-64(60)80)82(74-47(3)35-52(36-48(74)4)51-25-17-16-18-26-51)68-42-56(78(13,14)15)41-67-72(68)79(62)61-33-31-55(77(10,11)12)40-65(61)81(67)75-49(5)37-53(38-50(75)6)57-28-22-30-70-71(57)58-27-19-20-29-69(58)83-70/h17,19-44H,16,18H2,1-15H3. The molecule has 0 amide bonds. The minimum atomic E-state index is -0.191. The van der Waals surface area contributed by atoms with Crippen LogP contribution in [-0.2, 0) is 16.2 Å². The Morgan fingerprint density at radius 1 is 0.422 bits per heavy atom. The second kappa shape index (κ2) is 18.6. The highest BCUT2D eigenvalue weighted by atomic mass is 16.3. The van der Waals surface area contributed by atoms with Crippen molar-refractivity contribution in [1.29, 1.82) is 0 Å². The molecule has 2 aliphatic heterocycles. The van der Waals surface area contributed by atoms with Gasteiger partial charge in [-0.3, -0.25) is 0 Å². The van der Waals surface area contributed by atoms with Crippen molar-refractivity contribution < 1.29 is 4.42 Å². The van der Waals surface area contributed by atoms with Crippen LogP contribution in [0.2, 0.25) is 0 Å². The van der Waals surface area contributed by atoms with Crippen LogP contribution < -0.4 is 26.2 Å². The van der Waals surface area contributed by atoms with Crippen LogP contribution in [0, 0.1) is 41.5 Å². The van der Waals surface area contributed by atoms with Gasteiger partial charge in [-0.2, -0.15) is 0 Å². The van der Waals surface area contributed by atoms with Crippen LogP contribution >= 0.6 is 0 Å². The highest BCUT2D eigenvalue weighted by Crippen LogP contribution is 2.52. The molecule has 0 spiro atoms. The van der Waals surface area contributed by atoms with Gasteiger partial charge >= 0.3 is 0 Å². The number of furan rings is 1. The van der Waals surface area contributed by atoms with Gasteiger partial charge in [0.05, 0.1) is 28.1 Å². The van der Waals surface area contributed by atoms with E-state index < -0.39 is 0 Å². The number of hydrogen-bond acceptors (Lipinski definition) is 3. The Morgan fingerprint density at radius 3 is 1.60 bits per heavy atom. The van der Waals surface area contributed by atoms with Crippen molar-refractivity contribution >= 4 is 107 Å². The summed E-state index contributed by atoms with van der Waals surface area (Å²) < 4.78 is 9.07. The van der Waals surface area contributed by atoms with Crippen molar-refractivity contribution in [1.82, 2.24) is 4.57 Å². The van der Waals surface area contributed by atoms with Crippen molar-refractivity contribution in [2.45, 2.75) is 133 Å². The van der Waals surface area contributed by atoms with Gasteiger partial charge < -0.3 is 18.8 Å². The zero-order valence-corrected chi connectivity index (χ0v) is 51.3. The first-order chi connectivity index (χ1) is 39.5. The largest absolute Gasteiger partial charge is 0.456 e. The summed E-state index contributed by atoms with van der Waals surface area (Å²) in [5.41, 5.74) is 33.0. The molecule has 4 heterocycles. The Kier molecular flexibility index (Phi) is 11.8. The number of allylic oxidation sites excluding steroid dienone is 4. The molecule has 14 rings (SSSR count). The van der Waals surface area contributed by atoms with E-state index in [1.165, 1.54) is 150 Å². The van der Waals surface area contributed by atoms with E-state index >= 15 is 0 Å². The Morgan fingerprint density at radius 2 is 0.976 bits per heavy atom. The lowest BCUT2D eigenvalue weighted by molar-refractivity contribution is 0.590. The lowest BCUT2D eigenvalue weighted by Crippen LogP contribution is -2.61. The molecule has 1 aliphatic carbocycles. The number of rotatable bonds is 5. The number of benzene rings is 9. The van der Waals surface area contributed by atoms with Crippen LogP contribution in [0.15, 0.2) is 168 Å². The third-order valence-corrected chi connectivity index (χ3v) is 18.7. The van der Waals surface area contributed by atoms with Crippen LogP contribution in [-0.4, -0.2) is 11.3 Å². The molecule has 3 aliphatic rings. The van der Waals surface area contributed by atoms with Crippen molar-refractivity contribution in [3.05, 3.63) is 219 Å². The highest BCUT2D eigenvalue weighted by Gasteiger charge is 2.46. The molecule has 4 nitrogen and oxygen atoms in total. The van der Waals surface area contributed by atoms with Crippen LogP contribution in [0.1, 0.15) is 131 Å². The molecule has 5 heteroatoms. The molecular formula is C78H76BN3O. The van der Waals surface area contributed by atoms with Crippen molar-refractivity contribution in [3.63, 3.8) is 0 Å². The summed E-state index contributed by atoms with van der Waals surface area (Å²) in [6.45, 7) is 35.1. The Hall–Kier alpha value is -8.28. The topological polar surface area (TPSA) is 24.6 Å². The van der Waals surface area contributed by atoms with Crippen LogP contribution in [0.3, 0.4) is 0 Å². The number of para-hydroxylation sites is 2. The smallest absolute Gasteiger partial charge is 0.252 e. The lowest BCUT2D eigenvalue weighted by atomic mass is 9.33. The first-order valence-electron chi connectivity index (χ1n) is 30.2. The maximum absolute atomic E-state index is 6.48. The molecule has 0 fully saturated rings. The van der Waals surface area contributed by atoms with E-state index in [0.29, 0.717) is 0 Å². The first kappa shape index (κ1) is 52.8. The van der Waals surface area contributed by atoms with Gasteiger partial charge in [0.2, 0.25) is 0 Å². The fraction of sp³-hybridized carbons (Fsp3) is 0.256. The van der Waals surface area contributed by atoms with Crippen molar-refractivity contribution in [2.75, 3.05) is 9.80 Å². The molecule has 412 valence electrons. The second-order valence-corrected chi connectivity index (χ2v) is 27.6. The summed E-state index contributed by atoms with van der Waals surface area (Å²) in [5.74, 6) is 0. The fourth-order valence-electron chi connectivity index (χ4n) is 14.5. The number of nitrogens with zero attached hydrogens (tertiary/aromatic N) is 3. The molecule has 0 unspecified atom stereocenters. The molecule has 0 saturated carbocycles. The van der Waals surface area contributed by atoms with Crippen LogP contribution in [0.5, 0.6) is 0 Å². The fourth-order valence-corrected chi connectivity index (χ4v) is 14.5. The van der Waals surface area contributed by atoms with Crippen LogP contribution in [0.4, 0.5) is 34.1 Å². The molecular weight excluding hydrogens is 1010 g/mol. The third kappa shape index (κ3) is 8.23. The Balaban J connectivity index is 1.11. The van der Waals surface area contributed by atoms with Crippen molar-refractivity contribution in [2.24, 2.45) is 0 Å². The molecule has 0 bridgehead atoms. The number of aryl methyl sites for hydroxylation is 6. The average Bonchev–Trinajstić information content (AvgIpc) is 1.90. The van der Waals surface area contributed by atoms with Gasteiger partial charge in [0, 0.05) is 44.3 Å². The number of fused-ring (bicyclic) bond motifs is 10. The molecule has 9 aromatic carbocycles. The summed E-state index contributed by atoms with van der Waals surface area (Å²) in [7, 11) is 0. The summed E-state index contributed by atoms with van der Waals surface area (Å²) in [5, 5.41) is 4.87. The zero-order valence-electron chi connectivity index (χ0n) is 51.3. The summed E-state index contributed by atoms with van der Waals surface area (Å²) in [6.07, 6.45) is 9.22. The second-order valence-electron chi connectivity index (χ2n) is 27.6. The van der Waals surface area contributed by atoms with Gasteiger partial charge in [-0.1, -0.05) is 153 Å². The van der Waals surface area contributed by atoms with E-state index in [1.54, 1.807) is 0 Å². The van der Waals surface area contributed by atoms with E-state index in [0.717, 1.165) is 34.8 Å². The summed E-state index contributed by atoms with van der Waals surface area (Å²) in [4.78, 5) is 5.39. The van der Waals surface area contributed by atoms with Gasteiger partial charge in [-0.05, 0) is 232 Å². The van der Waals surface area contributed by atoms with Gasteiger partial charge in [0.1, 0.15) is 11.2 Å². The van der Waals surface area contributed by atoms with Gasteiger partial charge in [0.15, 0.2) is 0 Å². The quantitative estimate of drug-likeness (QED) is 0.161. The third-order valence-electron chi connectivity index (χ3n) is 18.7. The highest BCUT2D eigenvalue weighted by molar-refractivity contribution is 7.00. The lowest BCUT2D eigenvalue weighted by Gasteiger charge is -2.46. The predicted molar refractivity (Wildman–Crippen MR) is 358 cm³/mol. The monoisotopic (exact) mass is 1080 g/mol. The molecule has 0 atom stereocenters. The molecule has 0 N–H and O–H groups in total. The number of anilines is 6. The summed E-state index contributed by atoms with van der Waals surface area (Å²) in [6, 6.07) is 56.6. The first-order valence-corrected chi connectivity index (χ1v) is 30.2. The zero-order chi connectivity index (χ0) is 57.9. The van der Waals surface area contributed by atoms with E-state index in [1.807, 2.05) is 0 Å². The Labute approximate surface area is 491 Å². The van der Waals surface area contributed by atoms with Gasteiger partial charge in [-0.25, -0.2) is 0 Å². The molecule has 2 aromatic heterocycles. The summed E-state index contributed by atoms with van der Waals surface area (Å²) >= 11 is 0. The van der Waals surface area contributed by atoms with E-state index in [-0.39, 0.29) is 23.0 Å².